The van der Waals surface area contributed by atoms with Crippen molar-refractivity contribution in [1.29, 1.82) is 0 Å². The first-order valence-electron chi connectivity index (χ1n) is 8.39. The maximum absolute atomic E-state index is 13.2. The summed E-state index contributed by atoms with van der Waals surface area (Å²) in [4.78, 5) is 12.5. The highest BCUT2D eigenvalue weighted by molar-refractivity contribution is 7.90. The first-order chi connectivity index (χ1) is 14.0. The van der Waals surface area contributed by atoms with Crippen LogP contribution < -0.4 is 4.72 Å². The Morgan fingerprint density at radius 2 is 1.55 bits per heavy atom. The molecule has 0 radical (unpaired) electrons. The molecule has 0 bridgehead atoms. The van der Waals surface area contributed by atoms with E-state index in [0.29, 0.717) is 15.5 Å². The fourth-order valence-electron chi connectivity index (χ4n) is 2.74. The van der Waals surface area contributed by atoms with Crippen LogP contribution in [0, 0.1) is 0 Å². The molecule has 4 aromatic rings. The minimum Gasteiger partial charge on any atom is -0.354 e. The highest BCUT2D eigenvalue weighted by Crippen LogP contribution is 2.35. The summed E-state index contributed by atoms with van der Waals surface area (Å²) >= 11 is 6.83. The van der Waals surface area contributed by atoms with E-state index < -0.39 is 15.9 Å². The summed E-state index contributed by atoms with van der Waals surface area (Å²) in [7, 11) is -4.30. The summed E-state index contributed by atoms with van der Waals surface area (Å²) in [5, 5.41) is 3.99. The second-order valence-corrected chi connectivity index (χ2v) is 9.29. The van der Waals surface area contributed by atoms with Crippen LogP contribution in [0.25, 0.3) is 22.6 Å². The van der Waals surface area contributed by atoms with Gasteiger partial charge in [0.1, 0.15) is 5.69 Å². The van der Waals surface area contributed by atoms with E-state index in [-0.39, 0.29) is 21.2 Å². The average molecular weight is 445 g/mol. The molecule has 0 fully saturated rings. The molecule has 2 aromatic heterocycles. The molecule has 146 valence electrons. The van der Waals surface area contributed by atoms with Crippen LogP contribution in [0.2, 0.25) is 4.34 Å². The molecule has 2 aromatic carbocycles. The smallest absolute Gasteiger partial charge is 0.275 e. The fraction of sp³-hybridized carbons (Fsp3) is 0. The Bertz CT molecular complexity index is 1210. The zero-order chi connectivity index (χ0) is 20.4. The van der Waals surface area contributed by atoms with Crippen molar-refractivity contribution in [2.24, 2.45) is 0 Å². The van der Waals surface area contributed by atoms with Gasteiger partial charge in [0.2, 0.25) is 0 Å². The highest BCUT2D eigenvalue weighted by Gasteiger charge is 2.32. The Morgan fingerprint density at radius 1 is 0.931 bits per heavy atom. The van der Waals surface area contributed by atoms with E-state index in [1.54, 1.807) is 60.7 Å². The summed E-state index contributed by atoms with van der Waals surface area (Å²) in [6, 6.07) is 20.4. The Labute approximate surface area is 175 Å². The standard InChI is InChI=1S/C20H13ClN2O4S2/c21-16-12-11-15(28-16)20(24)23-29(25,26)19-17(13-7-3-1-4-8-13)22-27-18(19)14-9-5-2-6-10-14/h1-12H,(H,23,24). The average Bonchev–Trinajstić information content (AvgIpc) is 3.36. The van der Waals surface area contributed by atoms with Crippen molar-refractivity contribution >= 4 is 38.9 Å². The van der Waals surface area contributed by atoms with Gasteiger partial charge in [-0.2, -0.15) is 0 Å². The summed E-state index contributed by atoms with van der Waals surface area (Å²) < 4.78 is 34.3. The summed E-state index contributed by atoms with van der Waals surface area (Å²) in [6.45, 7) is 0. The van der Waals surface area contributed by atoms with Crippen LogP contribution >= 0.6 is 22.9 Å². The Kier molecular flexibility index (Phi) is 5.23. The molecule has 4 rings (SSSR count). The third-order valence-corrected chi connectivity index (χ3v) is 6.63. The van der Waals surface area contributed by atoms with E-state index in [1.807, 2.05) is 0 Å². The van der Waals surface area contributed by atoms with Gasteiger partial charge in [-0.3, -0.25) is 4.79 Å². The molecule has 0 spiro atoms. The lowest BCUT2D eigenvalue weighted by molar-refractivity contribution is 0.0985. The quantitative estimate of drug-likeness (QED) is 0.475. The van der Waals surface area contributed by atoms with Gasteiger partial charge in [0.05, 0.1) is 9.21 Å². The minimum atomic E-state index is -4.30. The number of benzene rings is 2. The van der Waals surface area contributed by atoms with Crippen molar-refractivity contribution in [3.63, 3.8) is 0 Å². The molecule has 0 aliphatic heterocycles. The molecule has 0 atom stereocenters. The van der Waals surface area contributed by atoms with Crippen molar-refractivity contribution in [1.82, 2.24) is 9.88 Å². The molecule has 1 amide bonds. The number of aromatic nitrogens is 1. The molecule has 6 nitrogen and oxygen atoms in total. The maximum atomic E-state index is 13.2. The van der Waals surface area contributed by atoms with Crippen molar-refractivity contribution < 1.29 is 17.7 Å². The van der Waals surface area contributed by atoms with Gasteiger partial charge in [0, 0.05) is 11.1 Å². The third kappa shape index (κ3) is 3.95. The molecule has 0 saturated heterocycles. The van der Waals surface area contributed by atoms with E-state index in [0.717, 1.165) is 11.3 Å². The summed E-state index contributed by atoms with van der Waals surface area (Å²) in [5.41, 5.74) is 1.19. The number of carbonyl (C=O) groups is 1. The number of hydrogen-bond acceptors (Lipinski definition) is 6. The highest BCUT2D eigenvalue weighted by atomic mass is 35.5. The molecular formula is C20H13ClN2O4S2. The molecule has 0 saturated carbocycles. The zero-order valence-electron chi connectivity index (χ0n) is 14.7. The van der Waals surface area contributed by atoms with E-state index in [9.17, 15) is 13.2 Å². The van der Waals surface area contributed by atoms with Crippen molar-refractivity contribution in [3.8, 4) is 22.6 Å². The Hall–Kier alpha value is -2.94. The van der Waals surface area contributed by atoms with Crippen molar-refractivity contribution in [2.75, 3.05) is 0 Å². The lowest BCUT2D eigenvalue weighted by atomic mass is 10.1. The van der Waals surface area contributed by atoms with Gasteiger partial charge in [0.25, 0.3) is 15.9 Å². The third-order valence-electron chi connectivity index (χ3n) is 4.03. The van der Waals surface area contributed by atoms with Gasteiger partial charge in [-0.1, -0.05) is 77.4 Å². The topological polar surface area (TPSA) is 89.3 Å². The van der Waals surface area contributed by atoms with E-state index in [2.05, 4.69) is 9.88 Å². The van der Waals surface area contributed by atoms with Crippen LogP contribution in [0.4, 0.5) is 0 Å². The largest absolute Gasteiger partial charge is 0.354 e. The number of sulfonamides is 1. The van der Waals surface area contributed by atoms with Gasteiger partial charge in [-0.25, -0.2) is 13.1 Å². The molecule has 0 aliphatic carbocycles. The van der Waals surface area contributed by atoms with Crippen LogP contribution in [0.1, 0.15) is 9.67 Å². The zero-order valence-corrected chi connectivity index (χ0v) is 17.1. The predicted octanol–water partition coefficient (Wildman–Crippen LogP) is 4.84. The monoisotopic (exact) mass is 444 g/mol. The molecule has 2 heterocycles. The van der Waals surface area contributed by atoms with E-state index in [1.165, 1.54) is 12.1 Å². The van der Waals surface area contributed by atoms with Gasteiger partial charge < -0.3 is 4.52 Å². The van der Waals surface area contributed by atoms with Crippen LogP contribution in [0.15, 0.2) is 82.2 Å². The minimum absolute atomic E-state index is 0.0500. The Morgan fingerprint density at radius 3 is 2.14 bits per heavy atom. The maximum Gasteiger partial charge on any atom is 0.275 e. The van der Waals surface area contributed by atoms with Gasteiger partial charge in [0.15, 0.2) is 10.7 Å². The van der Waals surface area contributed by atoms with Gasteiger partial charge in [-0.15, -0.1) is 11.3 Å². The van der Waals surface area contributed by atoms with Crippen LogP contribution in [0.3, 0.4) is 0 Å². The molecule has 29 heavy (non-hydrogen) atoms. The van der Waals surface area contributed by atoms with Crippen molar-refractivity contribution in [2.45, 2.75) is 4.90 Å². The first kappa shape index (κ1) is 19.4. The number of carbonyl (C=O) groups excluding carboxylic acids is 1. The number of nitrogens with one attached hydrogen (secondary N) is 1. The number of rotatable bonds is 5. The molecular weight excluding hydrogens is 432 g/mol. The predicted molar refractivity (Wildman–Crippen MR) is 111 cm³/mol. The second-order valence-electron chi connectivity index (χ2n) is 5.96. The molecule has 0 unspecified atom stereocenters. The van der Waals surface area contributed by atoms with Gasteiger partial charge >= 0.3 is 0 Å². The summed E-state index contributed by atoms with van der Waals surface area (Å²) in [6.07, 6.45) is 0. The number of thiophene rings is 1. The fourth-order valence-corrected chi connectivity index (χ4v) is 5.01. The van der Waals surface area contributed by atoms with Crippen LogP contribution in [-0.4, -0.2) is 19.5 Å². The number of amides is 1. The second kappa shape index (κ2) is 7.82. The molecule has 0 aliphatic rings. The van der Waals surface area contributed by atoms with Gasteiger partial charge in [-0.05, 0) is 12.1 Å². The number of hydrogen-bond donors (Lipinski definition) is 1. The molecule has 9 heteroatoms. The Balaban J connectivity index is 1.84. The summed E-state index contributed by atoms with van der Waals surface area (Å²) in [5.74, 6) is -0.727. The van der Waals surface area contributed by atoms with E-state index >= 15 is 0 Å². The van der Waals surface area contributed by atoms with E-state index in [4.69, 9.17) is 16.1 Å². The number of halogens is 1. The SMILES string of the molecule is O=C(NS(=O)(=O)c1c(-c2ccccc2)noc1-c1ccccc1)c1ccc(Cl)s1. The first-order valence-corrected chi connectivity index (χ1v) is 11.1. The lowest BCUT2D eigenvalue weighted by Crippen LogP contribution is -2.30. The van der Waals surface area contributed by atoms with Crippen molar-refractivity contribution in [3.05, 3.63) is 82.0 Å². The van der Waals surface area contributed by atoms with Crippen LogP contribution in [0.5, 0.6) is 0 Å². The van der Waals surface area contributed by atoms with Crippen LogP contribution in [-0.2, 0) is 10.0 Å². The lowest BCUT2D eigenvalue weighted by Gasteiger charge is -2.08. The molecule has 1 N–H and O–H groups in total. The normalized spacial score (nSPS) is 11.3. The number of nitrogens with zero attached hydrogens (tertiary/aromatic N) is 1.